The number of carbonyl (C=O) groups is 1. The molecule has 1 amide bonds. The lowest BCUT2D eigenvalue weighted by molar-refractivity contribution is 0.102. The van der Waals surface area contributed by atoms with E-state index in [1.807, 2.05) is 19.1 Å². The largest absolute Gasteiger partial charge is 0.322 e. The van der Waals surface area contributed by atoms with Gasteiger partial charge in [0.1, 0.15) is 4.90 Å². The van der Waals surface area contributed by atoms with Crippen molar-refractivity contribution >= 4 is 49.1 Å². The van der Waals surface area contributed by atoms with Crippen LogP contribution in [0, 0.1) is 6.92 Å². The van der Waals surface area contributed by atoms with E-state index >= 15 is 0 Å². The Morgan fingerprint density at radius 2 is 1.87 bits per heavy atom. The van der Waals surface area contributed by atoms with E-state index in [4.69, 9.17) is 11.6 Å². The molecule has 5 nitrogen and oxygen atoms in total. The van der Waals surface area contributed by atoms with Crippen molar-refractivity contribution in [2.24, 2.45) is 0 Å². The van der Waals surface area contributed by atoms with Crippen LogP contribution in [0.2, 0.25) is 5.02 Å². The highest BCUT2D eigenvalue weighted by Gasteiger charge is 2.18. The molecular weight excluding hydrogens is 404 g/mol. The first-order chi connectivity index (χ1) is 10.7. The molecule has 0 aliphatic heterocycles. The minimum absolute atomic E-state index is 0.0513. The summed E-state index contributed by atoms with van der Waals surface area (Å²) >= 11 is 9.29. The summed E-state index contributed by atoms with van der Waals surface area (Å²) in [4.78, 5) is 12.2. The molecule has 2 aromatic carbocycles. The molecule has 0 heterocycles. The van der Waals surface area contributed by atoms with Gasteiger partial charge in [-0.2, -0.15) is 0 Å². The molecule has 0 bridgehead atoms. The monoisotopic (exact) mass is 416 g/mol. The maximum Gasteiger partial charge on any atom is 0.255 e. The van der Waals surface area contributed by atoms with Gasteiger partial charge < -0.3 is 5.32 Å². The second kappa shape index (κ2) is 7.00. The number of nitrogens with one attached hydrogen (secondary N) is 2. The first-order valence-electron chi connectivity index (χ1n) is 6.55. The Morgan fingerprint density at radius 1 is 1.17 bits per heavy atom. The van der Waals surface area contributed by atoms with Crippen LogP contribution in [0.4, 0.5) is 5.69 Å². The molecule has 8 heteroatoms. The zero-order valence-electron chi connectivity index (χ0n) is 12.4. The molecule has 0 fully saturated rings. The van der Waals surface area contributed by atoms with Gasteiger partial charge in [0.15, 0.2) is 0 Å². The van der Waals surface area contributed by atoms with E-state index in [9.17, 15) is 13.2 Å². The van der Waals surface area contributed by atoms with Crippen molar-refractivity contribution in [2.75, 3.05) is 12.4 Å². The quantitative estimate of drug-likeness (QED) is 0.798. The van der Waals surface area contributed by atoms with E-state index in [1.54, 1.807) is 6.07 Å². The Kier molecular flexibility index (Phi) is 5.46. The van der Waals surface area contributed by atoms with E-state index in [1.165, 1.54) is 25.2 Å². The summed E-state index contributed by atoms with van der Waals surface area (Å²) < 4.78 is 26.9. The Labute approximate surface area is 148 Å². The van der Waals surface area contributed by atoms with Crippen LogP contribution in [0.15, 0.2) is 45.8 Å². The SMILES string of the molecule is CNS(=O)(=O)c1cc(C(=O)Nc2ccc(Br)c(C)c2)ccc1Cl. The van der Waals surface area contributed by atoms with Gasteiger partial charge >= 0.3 is 0 Å². The van der Waals surface area contributed by atoms with E-state index in [0.717, 1.165) is 10.0 Å². The molecule has 0 unspecified atom stereocenters. The topological polar surface area (TPSA) is 75.3 Å². The highest BCUT2D eigenvalue weighted by atomic mass is 79.9. The first kappa shape index (κ1) is 17.9. The number of hydrogen-bond donors (Lipinski definition) is 2. The van der Waals surface area contributed by atoms with Gasteiger partial charge in [-0.25, -0.2) is 13.1 Å². The van der Waals surface area contributed by atoms with Crippen molar-refractivity contribution in [1.29, 1.82) is 0 Å². The number of rotatable bonds is 4. The molecule has 0 atom stereocenters. The Hall–Kier alpha value is -1.41. The van der Waals surface area contributed by atoms with Crippen LogP contribution in [-0.2, 0) is 10.0 Å². The number of amides is 1. The predicted octanol–water partition coefficient (Wildman–Crippen LogP) is 3.57. The second-order valence-electron chi connectivity index (χ2n) is 4.77. The fraction of sp³-hybridized carbons (Fsp3) is 0.133. The molecule has 122 valence electrons. The smallest absolute Gasteiger partial charge is 0.255 e. The van der Waals surface area contributed by atoms with Crippen LogP contribution in [-0.4, -0.2) is 21.4 Å². The number of anilines is 1. The molecule has 0 aromatic heterocycles. The maximum absolute atomic E-state index is 12.3. The molecule has 2 aromatic rings. The normalized spacial score (nSPS) is 11.3. The third kappa shape index (κ3) is 4.11. The summed E-state index contributed by atoms with van der Waals surface area (Å²) in [5.74, 6) is -0.420. The summed E-state index contributed by atoms with van der Waals surface area (Å²) in [6.45, 7) is 1.90. The van der Waals surface area contributed by atoms with Crippen LogP contribution >= 0.6 is 27.5 Å². The van der Waals surface area contributed by atoms with Gasteiger partial charge in [0.25, 0.3) is 5.91 Å². The third-order valence-electron chi connectivity index (χ3n) is 3.17. The zero-order valence-corrected chi connectivity index (χ0v) is 15.5. The van der Waals surface area contributed by atoms with Crippen molar-refractivity contribution in [3.63, 3.8) is 0 Å². The van der Waals surface area contributed by atoms with Crippen molar-refractivity contribution in [3.8, 4) is 0 Å². The Balaban J connectivity index is 2.33. The van der Waals surface area contributed by atoms with E-state index in [2.05, 4.69) is 26.0 Å². The van der Waals surface area contributed by atoms with Gasteiger partial charge in [0.05, 0.1) is 5.02 Å². The lowest BCUT2D eigenvalue weighted by Gasteiger charge is -2.10. The summed E-state index contributed by atoms with van der Waals surface area (Å²) in [5, 5.41) is 2.78. The van der Waals surface area contributed by atoms with Gasteiger partial charge in [-0.1, -0.05) is 27.5 Å². The average molecular weight is 418 g/mol. The standard InChI is InChI=1S/C15H14BrClN2O3S/c1-9-7-11(4-5-12(9)16)19-15(20)10-3-6-13(17)14(8-10)23(21,22)18-2/h3-8,18H,1-2H3,(H,19,20). The zero-order chi connectivity index (χ0) is 17.2. The predicted molar refractivity (Wildman–Crippen MR) is 94.5 cm³/mol. The van der Waals surface area contributed by atoms with Gasteiger partial charge in [-0.3, -0.25) is 4.79 Å². The van der Waals surface area contributed by atoms with Crippen molar-refractivity contribution in [3.05, 3.63) is 57.0 Å². The van der Waals surface area contributed by atoms with Crippen LogP contribution in [0.1, 0.15) is 15.9 Å². The summed E-state index contributed by atoms with van der Waals surface area (Å²) in [6, 6.07) is 9.48. The minimum atomic E-state index is -3.74. The summed E-state index contributed by atoms with van der Waals surface area (Å²) in [6.07, 6.45) is 0. The van der Waals surface area contributed by atoms with Crippen LogP contribution in [0.25, 0.3) is 0 Å². The van der Waals surface area contributed by atoms with Crippen molar-refractivity contribution in [1.82, 2.24) is 4.72 Å². The van der Waals surface area contributed by atoms with E-state index < -0.39 is 15.9 Å². The number of halogens is 2. The number of hydrogen-bond acceptors (Lipinski definition) is 3. The van der Waals surface area contributed by atoms with E-state index in [-0.39, 0.29) is 15.5 Å². The fourth-order valence-corrected chi connectivity index (χ4v) is 3.38. The molecule has 0 saturated carbocycles. The van der Waals surface area contributed by atoms with Gasteiger partial charge in [0.2, 0.25) is 10.0 Å². The highest BCUT2D eigenvalue weighted by Crippen LogP contribution is 2.24. The van der Waals surface area contributed by atoms with Gasteiger partial charge in [-0.05, 0) is 55.9 Å². The number of sulfonamides is 1. The third-order valence-corrected chi connectivity index (χ3v) is 5.95. The summed E-state index contributed by atoms with van der Waals surface area (Å²) in [5.41, 5.74) is 1.78. The lowest BCUT2D eigenvalue weighted by Crippen LogP contribution is -2.20. The number of aryl methyl sites for hydroxylation is 1. The first-order valence-corrected chi connectivity index (χ1v) is 9.20. The maximum atomic E-state index is 12.3. The average Bonchev–Trinajstić information content (AvgIpc) is 2.51. The molecule has 23 heavy (non-hydrogen) atoms. The molecule has 2 N–H and O–H groups in total. The van der Waals surface area contributed by atoms with Crippen molar-refractivity contribution < 1.29 is 13.2 Å². The molecule has 0 aliphatic rings. The molecule has 0 spiro atoms. The number of carbonyl (C=O) groups excluding carboxylic acids is 1. The number of benzene rings is 2. The van der Waals surface area contributed by atoms with E-state index in [0.29, 0.717) is 5.69 Å². The minimum Gasteiger partial charge on any atom is -0.322 e. The highest BCUT2D eigenvalue weighted by molar-refractivity contribution is 9.10. The molecule has 0 aliphatic carbocycles. The van der Waals surface area contributed by atoms with Crippen molar-refractivity contribution in [2.45, 2.75) is 11.8 Å². The molecule has 0 radical (unpaired) electrons. The summed E-state index contributed by atoms with van der Waals surface area (Å²) in [7, 11) is -2.46. The Bertz CT molecular complexity index is 869. The van der Waals surface area contributed by atoms with Gasteiger partial charge in [0, 0.05) is 15.7 Å². The second-order valence-corrected chi connectivity index (χ2v) is 7.89. The lowest BCUT2D eigenvalue weighted by atomic mass is 10.2. The van der Waals surface area contributed by atoms with Crippen LogP contribution < -0.4 is 10.0 Å². The molecular formula is C15H14BrClN2O3S. The van der Waals surface area contributed by atoms with Crippen LogP contribution in [0.5, 0.6) is 0 Å². The van der Waals surface area contributed by atoms with Gasteiger partial charge in [-0.15, -0.1) is 0 Å². The molecule has 2 rings (SSSR count). The Morgan fingerprint density at radius 3 is 2.48 bits per heavy atom. The molecule has 0 saturated heterocycles. The van der Waals surface area contributed by atoms with Crippen LogP contribution in [0.3, 0.4) is 0 Å². The fourth-order valence-electron chi connectivity index (χ4n) is 1.89.